The number of carbonyl (C=O) groups is 1. The van der Waals surface area contributed by atoms with Gasteiger partial charge in [0.05, 0.1) is 23.5 Å². The van der Waals surface area contributed by atoms with Crippen LogP contribution in [0.3, 0.4) is 0 Å². The van der Waals surface area contributed by atoms with Crippen molar-refractivity contribution in [3.63, 3.8) is 0 Å². The summed E-state index contributed by atoms with van der Waals surface area (Å²) in [6, 6.07) is 5.35. The van der Waals surface area contributed by atoms with Gasteiger partial charge in [0.25, 0.3) is 0 Å². The van der Waals surface area contributed by atoms with Crippen LogP contribution < -0.4 is 5.73 Å². The largest absolute Gasteiger partial charge is 0.393 e. The summed E-state index contributed by atoms with van der Waals surface area (Å²) in [6.45, 7) is -0.615. The van der Waals surface area contributed by atoms with Crippen molar-refractivity contribution in [2.24, 2.45) is 17.6 Å². The summed E-state index contributed by atoms with van der Waals surface area (Å²) in [6.07, 6.45) is -4.53. The van der Waals surface area contributed by atoms with E-state index >= 15 is 0 Å². The van der Waals surface area contributed by atoms with E-state index in [1.807, 2.05) is 6.07 Å². The number of benzene rings is 1. The highest BCUT2D eigenvalue weighted by Gasteiger charge is 2.51. The lowest BCUT2D eigenvalue weighted by atomic mass is 9.95. The molecule has 2 N–H and O–H groups in total. The maximum Gasteiger partial charge on any atom is 0.393 e. The first-order chi connectivity index (χ1) is 10.2. The molecular weight excluding hydrogens is 302 g/mol. The third-order valence-corrected chi connectivity index (χ3v) is 3.76. The van der Waals surface area contributed by atoms with Crippen LogP contribution in [0.25, 0.3) is 0 Å². The fourth-order valence-corrected chi connectivity index (χ4v) is 2.68. The smallest absolute Gasteiger partial charge is 0.369 e. The van der Waals surface area contributed by atoms with Gasteiger partial charge in [0, 0.05) is 19.6 Å². The van der Waals surface area contributed by atoms with E-state index in [9.17, 15) is 22.4 Å². The van der Waals surface area contributed by atoms with Crippen molar-refractivity contribution in [3.05, 3.63) is 35.1 Å². The first-order valence-electron chi connectivity index (χ1n) is 6.49. The minimum Gasteiger partial charge on any atom is -0.369 e. The van der Waals surface area contributed by atoms with Crippen molar-refractivity contribution >= 4 is 5.91 Å². The summed E-state index contributed by atoms with van der Waals surface area (Å²) in [5.41, 5.74) is 5.52. The third kappa shape index (κ3) is 3.36. The Balaban J connectivity index is 2.21. The quantitative estimate of drug-likeness (QED) is 0.865. The average molecular weight is 315 g/mol. The molecule has 1 heterocycles. The zero-order valence-corrected chi connectivity index (χ0v) is 11.4. The predicted molar refractivity (Wildman–Crippen MR) is 68.6 cm³/mol. The Morgan fingerprint density at radius 2 is 2.09 bits per heavy atom. The molecule has 0 spiro atoms. The SMILES string of the molecule is N#Cc1ccc(F)cc1CN1C[C@@H](C(F)(F)F)[C@H](C(N)=O)C1. The summed E-state index contributed by atoms with van der Waals surface area (Å²) in [5.74, 6) is -4.76. The number of halogens is 4. The number of primary amides is 1. The van der Waals surface area contributed by atoms with Gasteiger partial charge in [0.2, 0.25) is 5.91 Å². The zero-order valence-electron chi connectivity index (χ0n) is 11.4. The van der Waals surface area contributed by atoms with Crippen molar-refractivity contribution in [2.45, 2.75) is 12.7 Å². The van der Waals surface area contributed by atoms with E-state index in [-0.39, 0.29) is 24.2 Å². The van der Waals surface area contributed by atoms with E-state index in [2.05, 4.69) is 0 Å². The molecule has 1 saturated heterocycles. The summed E-state index contributed by atoms with van der Waals surface area (Å²) < 4.78 is 52.1. The van der Waals surface area contributed by atoms with Gasteiger partial charge < -0.3 is 5.73 Å². The lowest BCUT2D eigenvalue weighted by molar-refractivity contribution is -0.182. The fraction of sp³-hybridized carbons (Fsp3) is 0.429. The zero-order chi connectivity index (χ0) is 16.5. The van der Waals surface area contributed by atoms with Gasteiger partial charge in [0.15, 0.2) is 0 Å². The summed E-state index contributed by atoms with van der Waals surface area (Å²) in [7, 11) is 0. The van der Waals surface area contributed by atoms with E-state index in [0.29, 0.717) is 0 Å². The summed E-state index contributed by atoms with van der Waals surface area (Å²) >= 11 is 0. The van der Waals surface area contributed by atoms with Crippen molar-refractivity contribution in [2.75, 3.05) is 13.1 Å². The lowest BCUT2D eigenvalue weighted by Crippen LogP contribution is -2.37. The Bertz CT molecular complexity index is 623. The van der Waals surface area contributed by atoms with Crippen LogP contribution in [0.15, 0.2) is 18.2 Å². The van der Waals surface area contributed by atoms with Crippen molar-refractivity contribution < 1.29 is 22.4 Å². The summed E-state index contributed by atoms with van der Waals surface area (Å²) in [5, 5.41) is 8.96. The molecule has 0 radical (unpaired) electrons. The van der Waals surface area contributed by atoms with Crippen LogP contribution >= 0.6 is 0 Å². The maximum atomic E-state index is 13.2. The second kappa shape index (κ2) is 5.93. The second-order valence-corrected chi connectivity index (χ2v) is 5.26. The number of hydrogen-bond acceptors (Lipinski definition) is 3. The minimum absolute atomic E-state index is 0.0446. The molecule has 8 heteroatoms. The Morgan fingerprint density at radius 3 is 2.59 bits per heavy atom. The highest BCUT2D eigenvalue weighted by atomic mass is 19.4. The molecule has 0 aliphatic carbocycles. The number of nitriles is 1. The third-order valence-electron chi connectivity index (χ3n) is 3.76. The molecule has 118 valence electrons. The molecule has 0 unspecified atom stereocenters. The van der Waals surface area contributed by atoms with Gasteiger partial charge in [-0.15, -0.1) is 0 Å². The van der Waals surface area contributed by atoms with Gasteiger partial charge in [-0.3, -0.25) is 9.69 Å². The van der Waals surface area contributed by atoms with E-state index in [4.69, 9.17) is 11.0 Å². The van der Waals surface area contributed by atoms with Crippen LogP contribution in [-0.4, -0.2) is 30.1 Å². The molecule has 0 bridgehead atoms. The second-order valence-electron chi connectivity index (χ2n) is 5.26. The van der Waals surface area contributed by atoms with Crippen molar-refractivity contribution in [3.8, 4) is 6.07 Å². The van der Waals surface area contributed by atoms with Crippen LogP contribution in [0.2, 0.25) is 0 Å². The number of likely N-dealkylation sites (tertiary alicyclic amines) is 1. The fourth-order valence-electron chi connectivity index (χ4n) is 2.68. The lowest BCUT2D eigenvalue weighted by Gasteiger charge is -2.19. The first kappa shape index (κ1) is 16.2. The highest BCUT2D eigenvalue weighted by Crippen LogP contribution is 2.38. The number of nitrogens with two attached hydrogens (primary N) is 1. The molecule has 1 aromatic rings. The van der Waals surface area contributed by atoms with Crippen LogP contribution in [-0.2, 0) is 11.3 Å². The minimum atomic E-state index is -4.53. The number of alkyl halides is 3. The van der Waals surface area contributed by atoms with Crippen molar-refractivity contribution in [1.82, 2.24) is 4.90 Å². The Hall–Kier alpha value is -2.14. The molecule has 2 rings (SSSR count). The monoisotopic (exact) mass is 315 g/mol. The number of amides is 1. The highest BCUT2D eigenvalue weighted by molar-refractivity contribution is 5.77. The molecule has 1 amide bonds. The number of carbonyl (C=O) groups excluding carboxylic acids is 1. The van der Waals surface area contributed by atoms with Crippen LogP contribution in [0.4, 0.5) is 17.6 Å². The van der Waals surface area contributed by atoms with Crippen LogP contribution in [0.5, 0.6) is 0 Å². The van der Waals surface area contributed by atoms with Crippen molar-refractivity contribution in [1.29, 1.82) is 5.26 Å². The Labute approximate surface area is 124 Å². The first-order valence-corrected chi connectivity index (χ1v) is 6.49. The van der Waals surface area contributed by atoms with Gasteiger partial charge >= 0.3 is 6.18 Å². The van der Waals surface area contributed by atoms with E-state index in [1.54, 1.807) is 0 Å². The molecule has 2 atom stereocenters. The number of hydrogen-bond donors (Lipinski definition) is 1. The molecule has 4 nitrogen and oxygen atoms in total. The molecule has 0 aromatic heterocycles. The van der Waals surface area contributed by atoms with E-state index in [1.165, 1.54) is 11.0 Å². The number of nitrogens with zero attached hydrogens (tertiary/aromatic N) is 2. The normalized spacial score (nSPS) is 22.5. The molecule has 22 heavy (non-hydrogen) atoms. The van der Waals surface area contributed by atoms with Gasteiger partial charge in [-0.25, -0.2) is 4.39 Å². The molecule has 1 aromatic carbocycles. The molecule has 1 aliphatic heterocycles. The van der Waals surface area contributed by atoms with Crippen LogP contribution in [0, 0.1) is 29.0 Å². The molecular formula is C14H13F4N3O. The van der Waals surface area contributed by atoms with Gasteiger partial charge in [-0.2, -0.15) is 18.4 Å². The maximum absolute atomic E-state index is 13.2. The Kier molecular flexibility index (Phi) is 4.37. The Morgan fingerprint density at radius 1 is 1.41 bits per heavy atom. The predicted octanol–water partition coefficient (Wildman–Crippen LogP) is 1.79. The van der Waals surface area contributed by atoms with Gasteiger partial charge in [-0.05, 0) is 23.8 Å². The summed E-state index contributed by atoms with van der Waals surface area (Å²) in [4.78, 5) is 12.6. The van der Waals surface area contributed by atoms with E-state index in [0.717, 1.165) is 12.1 Å². The molecule has 0 saturated carbocycles. The topological polar surface area (TPSA) is 70.1 Å². The molecule has 1 fully saturated rings. The van der Waals surface area contributed by atoms with Crippen LogP contribution in [0.1, 0.15) is 11.1 Å². The standard InChI is InChI=1S/C14H13F4N3O/c15-10-2-1-8(4-19)9(3-10)5-21-6-11(13(20)22)12(7-21)14(16,17)18/h1-3,11-12H,5-7H2,(H2,20,22)/t11-,12-/m1/s1. The van der Waals surface area contributed by atoms with Gasteiger partial charge in [0.1, 0.15) is 5.82 Å². The molecule has 1 aliphatic rings. The van der Waals surface area contributed by atoms with Gasteiger partial charge in [-0.1, -0.05) is 0 Å². The average Bonchev–Trinajstić information content (AvgIpc) is 2.83. The van der Waals surface area contributed by atoms with E-state index < -0.39 is 36.3 Å². The number of rotatable bonds is 3.